The molecule has 7 heteroatoms. The van der Waals surface area contributed by atoms with Gasteiger partial charge in [0, 0.05) is 13.1 Å². The molecule has 0 saturated carbocycles. The molecule has 0 N–H and O–H groups in total. The fourth-order valence-electron chi connectivity index (χ4n) is 1.37. The van der Waals surface area contributed by atoms with Gasteiger partial charge in [0.15, 0.2) is 0 Å². The SMILES string of the molecule is CN1CN=C(c2ccccc2[N+](=O)[O-])OC1=O. The third-order valence-electron chi connectivity index (χ3n) is 2.25. The average Bonchev–Trinajstić information content (AvgIpc) is 2.32. The van der Waals surface area contributed by atoms with E-state index in [4.69, 9.17) is 4.74 Å². The Balaban J connectivity index is 2.41. The third-order valence-corrected chi connectivity index (χ3v) is 2.25. The molecule has 0 atom stereocenters. The fraction of sp³-hybridized carbons (Fsp3) is 0.200. The van der Waals surface area contributed by atoms with Crippen LogP contribution in [0.5, 0.6) is 0 Å². The maximum atomic E-state index is 11.3. The van der Waals surface area contributed by atoms with Crippen LogP contribution in [0.3, 0.4) is 0 Å². The normalized spacial score (nSPS) is 15.2. The molecule has 1 aromatic carbocycles. The highest BCUT2D eigenvalue weighted by atomic mass is 16.6. The Kier molecular flexibility index (Phi) is 2.73. The summed E-state index contributed by atoms with van der Waals surface area (Å²) in [6, 6.07) is 6.00. The standard InChI is InChI=1S/C10H9N3O4/c1-12-6-11-9(17-10(12)14)7-4-2-3-5-8(7)13(15)16/h2-5H,6H2,1H3. The lowest BCUT2D eigenvalue weighted by molar-refractivity contribution is -0.385. The number of aliphatic imine (C=N–C) groups is 1. The van der Waals surface area contributed by atoms with Crippen molar-refractivity contribution in [1.82, 2.24) is 4.90 Å². The first-order chi connectivity index (χ1) is 8.09. The first-order valence-corrected chi connectivity index (χ1v) is 4.81. The summed E-state index contributed by atoms with van der Waals surface area (Å²) in [7, 11) is 1.53. The number of ether oxygens (including phenoxy) is 1. The zero-order valence-corrected chi connectivity index (χ0v) is 8.99. The van der Waals surface area contributed by atoms with Gasteiger partial charge in [-0.15, -0.1) is 0 Å². The van der Waals surface area contributed by atoms with Gasteiger partial charge in [0.2, 0.25) is 5.90 Å². The molecule has 0 aromatic heterocycles. The van der Waals surface area contributed by atoms with E-state index in [9.17, 15) is 14.9 Å². The highest BCUT2D eigenvalue weighted by Gasteiger charge is 2.25. The summed E-state index contributed by atoms with van der Waals surface area (Å²) >= 11 is 0. The van der Waals surface area contributed by atoms with E-state index in [1.54, 1.807) is 12.1 Å². The zero-order chi connectivity index (χ0) is 12.4. The molecule has 1 aromatic rings. The van der Waals surface area contributed by atoms with E-state index in [1.807, 2.05) is 0 Å². The number of nitrogens with zero attached hydrogens (tertiary/aromatic N) is 3. The number of amides is 1. The number of rotatable bonds is 2. The minimum Gasteiger partial charge on any atom is -0.390 e. The summed E-state index contributed by atoms with van der Waals surface area (Å²) in [6.07, 6.45) is -0.576. The topological polar surface area (TPSA) is 85.0 Å². The van der Waals surface area contributed by atoms with E-state index in [-0.39, 0.29) is 23.8 Å². The van der Waals surface area contributed by atoms with Crippen LogP contribution < -0.4 is 0 Å². The number of hydrogen-bond acceptors (Lipinski definition) is 5. The van der Waals surface area contributed by atoms with E-state index < -0.39 is 11.0 Å². The van der Waals surface area contributed by atoms with Crippen molar-refractivity contribution >= 4 is 17.7 Å². The smallest absolute Gasteiger partial charge is 0.390 e. The number of para-hydroxylation sites is 1. The van der Waals surface area contributed by atoms with Gasteiger partial charge in [0.05, 0.1) is 4.92 Å². The second-order valence-electron chi connectivity index (χ2n) is 3.44. The van der Waals surface area contributed by atoms with Crippen LogP contribution in [0.15, 0.2) is 29.3 Å². The summed E-state index contributed by atoms with van der Waals surface area (Å²) < 4.78 is 4.91. The number of carbonyl (C=O) groups excluding carboxylic acids is 1. The third kappa shape index (κ3) is 2.07. The Bertz CT molecular complexity index is 512. The molecule has 1 aliphatic rings. The molecule has 0 unspecified atom stereocenters. The molecule has 0 saturated heterocycles. The quantitative estimate of drug-likeness (QED) is 0.572. The zero-order valence-electron chi connectivity index (χ0n) is 8.99. The number of nitro benzene ring substituents is 1. The monoisotopic (exact) mass is 235 g/mol. The van der Waals surface area contributed by atoms with Crippen LogP contribution in [0.2, 0.25) is 0 Å². The molecule has 0 spiro atoms. The highest BCUT2D eigenvalue weighted by Crippen LogP contribution is 2.20. The van der Waals surface area contributed by atoms with Crippen LogP contribution in [0.1, 0.15) is 5.56 Å². The molecule has 17 heavy (non-hydrogen) atoms. The van der Waals surface area contributed by atoms with Crippen molar-refractivity contribution in [2.45, 2.75) is 0 Å². The molecule has 1 aliphatic heterocycles. The van der Waals surface area contributed by atoms with Gasteiger partial charge >= 0.3 is 6.09 Å². The van der Waals surface area contributed by atoms with Gasteiger partial charge < -0.3 is 4.74 Å². The lowest BCUT2D eigenvalue weighted by Gasteiger charge is -2.20. The first-order valence-electron chi connectivity index (χ1n) is 4.81. The van der Waals surface area contributed by atoms with Crippen molar-refractivity contribution in [2.75, 3.05) is 13.7 Å². The van der Waals surface area contributed by atoms with Gasteiger partial charge in [0.1, 0.15) is 12.2 Å². The van der Waals surface area contributed by atoms with Gasteiger partial charge in [-0.3, -0.25) is 15.0 Å². The van der Waals surface area contributed by atoms with Crippen molar-refractivity contribution in [3.63, 3.8) is 0 Å². The molecular weight excluding hydrogens is 226 g/mol. The lowest BCUT2D eigenvalue weighted by Crippen LogP contribution is -2.35. The molecule has 7 nitrogen and oxygen atoms in total. The summed E-state index contributed by atoms with van der Waals surface area (Å²) in [4.78, 5) is 26.8. The van der Waals surface area contributed by atoms with Crippen LogP contribution in [0, 0.1) is 10.1 Å². The predicted molar refractivity (Wildman–Crippen MR) is 58.7 cm³/mol. The van der Waals surface area contributed by atoms with Gasteiger partial charge in [0.25, 0.3) is 5.69 Å². The average molecular weight is 235 g/mol. The summed E-state index contributed by atoms with van der Waals surface area (Å²) in [5.74, 6) is -0.0135. The Morgan fingerprint density at radius 1 is 1.47 bits per heavy atom. The molecule has 1 heterocycles. The van der Waals surface area contributed by atoms with Crippen LogP contribution >= 0.6 is 0 Å². The van der Waals surface area contributed by atoms with E-state index in [1.165, 1.54) is 24.1 Å². The molecule has 0 aliphatic carbocycles. The number of carbonyl (C=O) groups is 1. The van der Waals surface area contributed by atoms with E-state index in [0.29, 0.717) is 0 Å². The van der Waals surface area contributed by atoms with Crippen molar-refractivity contribution in [1.29, 1.82) is 0 Å². The Morgan fingerprint density at radius 3 is 2.82 bits per heavy atom. The van der Waals surface area contributed by atoms with Crippen molar-refractivity contribution < 1.29 is 14.5 Å². The minimum absolute atomic E-state index is 0.0135. The van der Waals surface area contributed by atoms with Gasteiger partial charge in [-0.1, -0.05) is 12.1 Å². The number of cyclic esters (lactones) is 1. The van der Waals surface area contributed by atoms with Crippen molar-refractivity contribution in [3.05, 3.63) is 39.9 Å². The Hall–Kier alpha value is -2.44. The van der Waals surface area contributed by atoms with Crippen LogP contribution in [0.25, 0.3) is 0 Å². The maximum absolute atomic E-state index is 11.3. The summed E-state index contributed by atoms with van der Waals surface area (Å²) in [5, 5.41) is 10.8. The fourth-order valence-corrected chi connectivity index (χ4v) is 1.37. The molecule has 0 bridgehead atoms. The molecule has 0 fully saturated rings. The molecular formula is C10H9N3O4. The van der Waals surface area contributed by atoms with Crippen LogP contribution in [-0.2, 0) is 4.74 Å². The summed E-state index contributed by atoms with van der Waals surface area (Å²) in [5.41, 5.74) is 0.0718. The maximum Gasteiger partial charge on any atom is 0.417 e. The highest BCUT2D eigenvalue weighted by molar-refractivity contribution is 6.03. The second-order valence-corrected chi connectivity index (χ2v) is 3.44. The second kappa shape index (κ2) is 4.20. The first kappa shape index (κ1) is 11.1. The van der Waals surface area contributed by atoms with E-state index >= 15 is 0 Å². The largest absolute Gasteiger partial charge is 0.417 e. The Labute approximate surface area is 96.5 Å². The number of hydrogen-bond donors (Lipinski definition) is 0. The van der Waals surface area contributed by atoms with Gasteiger partial charge in [-0.25, -0.2) is 9.79 Å². The molecule has 1 amide bonds. The number of nitro groups is 1. The van der Waals surface area contributed by atoms with Gasteiger partial charge in [-0.2, -0.15) is 0 Å². The van der Waals surface area contributed by atoms with E-state index in [2.05, 4.69) is 4.99 Å². The van der Waals surface area contributed by atoms with Crippen LogP contribution in [0.4, 0.5) is 10.5 Å². The van der Waals surface area contributed by atoms with Gasteiger partial charge in [-0.05, 0) is 6.07 Å². The van der Waals surface area contributed by atoms with E-state index in [0.717, 1.165) is 0 Å². The van der Waals surface area contributed by atoms with Crippen LogP contribution in [-0.4, -0.2) is 35.5 Å². The van der Waals surface area contributed by atoms with Crippen molar-refractivity contribution in [2.24, 2.45) is 4.99 Å². The molecule has 2 rings (SSSR count). The van der Waals surface area contributed by atoms with Crippen molar-refractivity contribution in [3.8, 4) is 0 Å². The lowest BCUT2D eigenvalue weighted by atomic mass is 10.2. The summed E-state index contributed by atoms with van der Waals surface area (Å²) in [6.45, 7) is 0.125. The minimum atomic E-state index is -0.576. The molecule has 0 radical (unpaired) electrons. The predicted octanol–water partition coefficient (Wildman–Crippen LogP) is 1.38. The Morgan fingerprint density at radius 2 is 2.18 bits per heavy atom. The number of benzene rings is 1. The molecule has 88 valence electrons.